The molecule has 0 aliphatic carbocycles. The highest BCUT2D eigenvalue weighted by Crippen LogP contribution is 2.10. The summed E-state index contributed by atoms with van der Waals surface area (Å²) < 4.78 is 0. The van der Waals surface area contributed by atoms with Crippen LogP contribution >= 0.6 is 0 Å². The first-order valence-electron chi connectivity index (χ1n) is 9.66. The first-order chi connectivity index (χ1) is 15.2. The number of hydrogen-bond donors (Lipinski definition) is 7. The second-order valence-corrected chi connectivity index (χ2v) is 6.90. The predicted molar refractivity (Wildman–Crippen MR) is 117 cm³/mol. The van der Waals surface area contributed by atoms with Crippen molar-refractivity contribution in [2.75, 3.05) is 11.9 Å². The molecule has 10 nitrogen and oxygen atoms in total. The standard InChI is InChI=1S/C22H25N5O5/c1-13(28)19(22(31)27-32)26-20(29)16-8-4-14(5-9-16)2-3-15-6-10-17(11-7-15)25-21(30)18(24)12-23/h4-11,13,18-19,28,32H,12,23-24H2,1H3,(H,25,30)(H,26,29)(H,27,31)/t13-,18+,19+/m1/s1. The predicted octanol–water partition coefficient (Wildman–Crippen LogP) is -0.704. The molecule has 0 saturated heterocycles. The normalized spacial score (nSPS) is 13.0. The number of aliphatic hydroxyl groups excluding tert-OH is 1. The van der Waals surface area contributed by atoms with Crippen LogP contribution in [0.5, 0.6) is 0 Å². The molecule has 168 valence electrons. The third kappa shape index (κ3) is 6.90. The first kappa shape index (κ1) is 24.5. The van der Waals surface area contributed by atoms with Crippen LogP contribution in [-0.4, -0.2) is 52.8 Å². The van der Waals surface area contributed by atoms with E-state index < -0.39 is 30.0 Å². The Morgan fingerprint density at radius 2 is 1.50 bits per heavy atom. The minimum Gasteiger partial charge on any atom is -0.391 e. The van der Waals surface area contributed by atoms with Gasteiger partial charge >= 0.3 is 0 Å². The van der Waals surface area contributed by atoms with E-state index in [9.17, 15) is 19.5 Å². The molecule has 32 heavy (non-hydrogen) atoms. The summed E-state index contributed by atoms with van der Waals surface area (Å²) in [6.45, 7) is 1.36. The lowest BCUT2D eigenvalue weighted by Crippen LogP contribution is -2.51. The van der Waals surface area contributed by atoms with Crippen LogP contribution in [0.2, 0.25) is 0 Å². The maximum atomic E-state index is 12.3. The van der Waals surface area contributed by atoms with Gasteiger partial charge in [-0.05, 0) is 55.5 Å². The van der Waals surface area contributed by atoms with Gasteiger partial charge in [0, 0.05) is 28.9 Å². The molecule has 2 aromatic rings. The summed E-state index contributed by atoms with van der Waals surface area (Å²) >= 11 is 0. The average Bonchev–Trinajstić information content (AvgIpc) is 2.80. The van der Waals surface area contributed by atoms with Crippen molar-refractivity contribution >= 4 is 23.4 Å². The van der Waals surface area contributed by atoms with E-state index in [2.05, 4.69) is 22.5 Å². The molecule has 0 aliphatic heterocycles. The number of carbonyl (C=O) groups excluding carboxylic acids is 3. The monoisotopic (exact) mass is 439 g/mol. The number of nitrogens with one attached hydrogen (secondary N) is 3. The molecule has 0 aromatic heterocycles. The van der Waals surface area contributed by atoms with Crippen LogP contribution in [0.1, 0.15) is 28.4 Å². The van der Waals surface area contributed by atoms with E-state index in [0.29, 0.717) is 16.8 Å². The number of hydroxylamine groups is 1. The zero-order chi connectivity index (χ0) is 23.7. The van der Waals surface area contributed by atoms with Gasteiger partial charge in [0.1, 0.15) is 6.04 Å². The van der Waals surface area contributed by atoms with Crippen molar-refractivity contribution in [1.82, 2.24) is 10.8 Å². The van der Waals surface area contributed by atoms with E-state index in [0.717, 1.165) is 0 Å². The van der Waals surface area contributed by atoms with Gasteiger partial charge in [-0.3, -0.25) is 19.6 Å². The van der Waals surface area contributed by atoms with Crippen molar-refractivity contribution in [2.45, 2.75) is 25.1 Å². The number of benzene rings is 2. The summed E-state index contributed by atoms with van der Waals surface area (Å²) in [6.07, 6.45) is -1.20. The Morgan fingerprint density at radius 3 is 1.97 bits per heavy atom. The average molecular weight is 439 g/mol. The Labute approximate surface area is 184 Å². The molecule has 9 N–H and O–H groups in total. The van der Waals surface area contributed by atoms with Crippen molar-refractivity contribution in [3.05, 3.63) is 65.2 Å². The van der Waals surface area contributed by atoms with Crippen molar-refractivity contribution in [1.29, 1.82) is 0 Å². The number of hydrogen-bond acceptors (Lipinski definition) is 7. The number of nitrogens with two attached hydrogens (primary N) is 2. The smallest absolute Gasteiger partial charge is 0.268 e. The van der Waals surface area contributed by atoms with Crippen LogP contribution < -0.4 is 27.6 Å². The number of amides is 3. The Balaban J connectivity index is 2.02. The molecule has 0 aliphatic rings. The molecule has 0 spiro atoms. The Bertz CT molecular complexity index is 1010. The maximum Gasteiger partial charge on any atom is 0.268 e. The summed E-state index contributed by atoms with van der Waals surface area (Å²) in [5.74, 6) is 4.04. The second kappa shape index (κ2) is 11.6. The van der Waals surface area contributed by atoms with Crippen molar-refractivity contribution in [3.63, 3.8) is 0 Å². The third-order valence-electron chi connectivity index (χ3n) is 4.40. The Kier molecular flexibility index (Phi) is 8.88. The third-order valence-corrected chi connectivity index (χ3v) is 4.40. The number of rotatable bonds is 7. The number of aliphatic hydroxyl groups is 1. The van der Waals surface area contributed by atoms with Gasteiger partial charge in [0.05, 0.1) is 12.1 Å². The molecule has 0 heterocycles. The SMILES string of the molecule is C[C@@H](O)[C@H](NC(=O)c1ccc(C#Cc2ccc(NC(=O)[C@@H](N)CN)cc2)cc1)C(=O)NO. The highest BCUT2D eigenvalue weighted by Gasteiger charge is 2.25. The molecule has 0 fully saturated rings. The largest absolute Gasteiger partial charge is 0.391 e. The Morgan fingerprint density at radius 1 is 0.969 bits per heavy atom. The zero-order valence-corrected chi connectivity index (χ0v) is 17.3. The summed E-state index contributed by atoms with van der Waals surface area (Å²) in [4.78, 5) is 35.5. The fourth-order valence-corrected chi connectivity index (χ4v) is 2.53. The van der Waals surface area contributed by atoms with Gasteiger partial charge in [-0.15, -0.1) is 0 Å². The van der Waals surface area contributed by atoms with E-state index in [4.69, 9.17) is 16.7 Å². The van der Waals surface area contributed by atoms with Crippen LogP contribution in [0, 0.1) is 11.8 Å². The van der Waals surface area contributed by atoms with Gasteiger partial charge in [0.25, 0.3) is 11.8 Å². The molecule has 0 radical (unpaired) electrons. The van der Waals surface area contributed by atoms with Gasteiger partial charge in [-0.2, -0.15) is 0 Å². The van der Waals surface area contributed by atoms with Gasteiger partial charge in [-0.25, -0.2) is 5.48 Å². The number of anilines is 1. The topological polar surface area (TPSA) is 180 Å². The minimum atomic E-state index is -1.30. The van der Waals surface area contributed by atoms with Crippen LogP contribution in [0.15, 0.2) is 48.5 Å². The fraction of sp³-hybridized carbons (Fsp3) is 0.227. The first-order valence-corrected chi connectivity index (χ1v) is 9.66. The van der Waals surface area contributed by atoms with Crippen molar-refractivity contribution in [3.8, 4) is 11.8 Å². The highest BCUT2D eigenvalue weighted by atomic mass is 16.5. The second-order valence-electron chi connectivity index (χ2n) is 6.90. The highest BCUT2D eigenvalue weighted by molar-refractivity contribution is 5.97. The molecule has 0 saturated carbocycles. The van der Waals surface area contributed by atoms with Crippen molar-refractivity contribution < 1.29 is 24.7 Å². The maximum absolute atomic E-state index is 12.3. The van der Waals surface area contributed by atoms with Gasteiger partial charge in [-0.1, -0.05) is 11.8 Å². The molecule has 2 aromatic carbocycles. The van der Waals surface area contributed by atoms with E-state index in [-0.39, 0.29) is 18.0 Å². The molecule has 0 unspecified atom stereocenters. The lowest BCUT2D eigenvalue weighted by atomic mass is 10.1. The van der Waals surface area contributed by atoms with Crippen LogP contribution in [0.25, 0.3) is 0 Å². The van der Waals surface area contributed by atoms with Crippen LogP contribution in [0.3, 0.4) is 0 Å². The van der Waals surface area contributed by atoms with E-state index >= 15 is 0 Å². The Hall–Kier alpha value is -3.75. The molecule has 3 atom stereocenters. The van der Waals surface area contributed by atoms with E-state index in [1.165, 1.54) is 24.5 Å². The van der Waals surface area contributed by atoms with E-state index in [1.807, 2.05) is 0 Å². The zero-order valence-electron chi connectivity index (χ0n) is 17.3. The van der Waals surface area contributed by atoms with Crippen LogP contribution in [-0.2, 0) is 9.59 Å². The van der Waals surface area contributed by atoms with Crippen molar-refractivity contribution in [2.24, 2.45) is 11.5 Å². The van der Waals surface area contributed by atoms with Crippen LogP contribution in [0.4, 0.5) is 5.69 Å². The van der Waals surface area contributed by atoms with Gasteiger partial charge in [0.15, 0.2) is 0 Å². The molecular weight excluding hydrogens is 414 g/mol. The summed E-state index contributed by atoms with van der Waals surface area (Å²) in [6, 6.07) is 11.1. The summed E-state index contributed by atoms with van der Waals surface area (Å²) in [7, 11) is 0. The molecule has 2 rings (SSSR count). The lowest BCUT2D eigenvalue weighted by Gasteiger charge is -2.19. The molecule has 0 bridgehead atoms. The molecular formula is C22H25N5O5. The number of carbonyl (C=O) groups is 3. The molecule has 10 heteroatoms. The lowest BCUT2D eigenvalue weighted by molar-refractivity contribution is -0.133. The molecule has 3 amide bonds. The quantitative estimate of drug-likeness (QED) is 0.169. The van der Waals surface area contributed by atoms with Gasteiger partial charge < -0.3 is 27.2 Å². The summed E-state index contributed by atoms with van der Waals surface area (Å²) in [5.41, 5.74) is 14.5. The van der Waals surface area contributed by atoms with E-state index in [1.54, 1.807) is 36.4 Å². The minimum absolute atomic E-state index is 0.0506. The van der Waals surface area contributed by atoms with Gasteiger partial charge in [0.2, 0.25) is 5.91 Å². The summed E-state index contributed by atoms with van der Waals surface area (Å²) in [5, 5.41) is 23.3. The fourth-order valence-electron chi connectivity index (χ4n) is 2.53.